The molecule has 0 unspecified atom stereocenters. The van der Waals surface area contributed by atoms with Gasteiger partial charge in [0.2, 0.25) is 5.91 Å². The number of rotatable bonds is 4. The first-order chi connectivity index (χ1) is 6.97. The van der Waals surface area contributed by atoms with Crippen molar-refractivity contribution in [1.82, 2.24) is 20.6 Å². The van der Waals surface area contributed by atoms with Crippen LogP contribution in [0.25, 0.3) is 0 Å². The molecule has 1 amide bonds. The summed E-state index contributed by atoms with van der Waals surface area (Å²) in [6.07, 6.45) is 3.44. The van der Waals surface area contributed by atoms with E-state index in [2.05, 4.69) is 20.6 Å². The Hall–Kier alpha value is -1.36. The Morgan fingerprint density at radius 3 is 2.80 bits per heavy atom. The molecule has 3 N–H and O–H groups in total. The van der Waals surface area contributed by atoms with E-state index >= 15 is 0 Å². The van der Waals surface area contributed by atoms with Gasteiger partial charge in [-0.2, -0.15) is 0 Å². The van der Waals surface area contributed by atoms with Gasteiger partial charge < -0.3 is 15.6 Å². The van der Waals surface area contributed by atoms with Crippen LogP contribution in [-0.4, -0.2) is 28.0 Å². The van der Waals surface area contributed by atoms with Gasteiger partial charge in [0.15, 0.2) is 0 Å². The zero-order valence-corrected chi connectivity index (χ0v) is 9.42. The molecule has 0 fully saturated rings. The fourth-order valence-corrected chi connectivity index (χ4v) is 1.15. The molecule has 5 nitrogen and oxygen atoms in total. The molecule has 0 aromatic carbocycles. The highest BCUT2D eigenvalue weighted by atomic mass is 16.2. The smallest absolute Gasteiger partial charge is 0.234 e. The van der Waals surface area contributed by atoms with Gasteiger partial charge in [0.05, 0.1) is 13.1 Å². The number of carbonyl (C=O) groups excluding carboxylic acids is 1. The number of imidazole rings is 1. The van der Waals surface area contributed by atoms with Gasteiger partial charge in [-0.1, -0.05) is 0 Å². The van der Waals surface area contributed by atoms with Crippen LogP contribution in [0.2, 0.25) is 0 Å². The molecule has 0 bridgehead atoms. The summed E-state index contributed by atoms with van der Waals surface area (Å²) in [5, 5.41) is 5.87. The van der Waals surface area contributed by atoms with Crippen LogP contribution in [0.1, 0.15) is 26.6 Å². The molecular formula is C10H18N4O. The van der Waals surface area contributed by atoms with E-state index in [4.69, 9.17) is 0 Å². The van der Waals surface area contributed by atoms with E-state index in [0.717, 1.165) is 5.82 Å². The van der Waals surface area contributed by atoms with Crippen molar-refractivity contribution < 1.29 is 4.79 Å². The second-order valence-electron chi connectivity index (χ2n) is 4.44. The van der Waals surface area contributed by atoms with Gasteiger partial charge in [0.25, 0.3) is 0 Å². The van der Waals surface area contributed by atoms with Gasteiger partial charge in [-0.3, -0.25) is 4.79 Å². The third-order valence-corrected chi connectivity index (χ3v) is 1.65. The SMILES string of the molecule is CC(C)(C)NC(=O)CNCc1ncc[nH]1. The molecule has 84 valence electrons. The maximum Gasteiger partial charge on any atom is 0.234 e. The van der Waals surface area contributed by atoms with E-state index in [9.17, 15) is 4.79 Å². The Morgan fingerprint density at radius 2 is 2.27 bits per heavy atom. The first-order valence-electron chi connectivity index (χ1n) is 4.97. The van der Waals surface area contributed by atoms with Crippen molar-refractivity contribution in [3.05, 3.63) is 18.2 Å². The molecule has 0 aliphatic carbocycles. The zero-order chi connectivity index (χ0) is 11.3. The number of hydrogen-bond donors (Lipinski definition) is 3. The summed E-state index contributed by atoms with van der Waals surface area (Å²) < 4.78 is 0. The van der Waals surface area contributed by atoms with Gasteiger partial charge >= 0.3 is 0 Å². The average Bonchev–Trinajstić information content (AvgIpc) is 2.53. The van der Waals surface area contributed by atoms with Crippen LogP contribution < -0.4 is 10.6 Å². The lowest BCUT2D eigenvalue weighted by Crippen LogP contribution is -2.44. The molecule has 0 atom stereocenters. The molecule has 5 heteroatoms. The molecule has 0 saturated carbocycles. The number of aromatic nitrogens is 2. The van der Waals surface area contributed by atoms with E-state index in [1.54, 1.807) is 12.4 Å². The van der Waals surface area contributed by atoms with Crippen LogP contribution in [-0.2, 0) is 11.3 Å². The van der Waals surface area contributed by atoms with Crippen LogP contribution in [0.4, 0.5) is 0 Å². The third kappa shape index (κ3) is 5.17. The second kappa shape index (κ2) is 4.93. The minimum absolute atomic E-state index is 0.00550. The predicted octanol–water partition coefficient (Wildman–Crippen LogP) is 0.414. The van der Waals surface area contributed by atoms with Gasteiger partial charge in [-0.25, -0.2) is 4.98 Å². The Labute approximate surface area is 89.7 Å². The van der Waals surface area contributed by atoms with Crippen molar-refractivity contribution in [2.24, 2.45) is 0 Å². The van der Waals surface area contributed by atoms with E-state index in [0.29, 0.717) is 13.1 Å². The second-order valence-corrected chi connectivity index (χ2v) is 4.44. The predicted molar refractivity (Wildman–Crippen MR) is 58.2 cm³/mol. The van der Waals surface area contributed by atoms with Crippen molar-refractivity contribution in [2.45, 2.75) is 32.9 Å². The summed E-state index contributed by atoms with van der Waals surface area (Å²) in [5.41, 5.74) is -0.177. The van der Waals surface area contributed by atoms with Gasteiger partial charge in [0.1, 0.15) is 5.82 Å². The van der Waals surface area contributed by atoms with Crippen molar-refractivity contribution in [2.75, 3.05) is 6.54 Å². The monoisotopic (exact) mass is 210 g/mol. The summed E-state index contributed by atoms with van der Waals surface area (Å²) in [7, 11) is 0. The average molecular weight is 210 g/mol. The molecule has 0 radical (unpaired) electrons. The van der Waals surface area contributed by atoms with Crippen LogP contribution in [0.3, 0.4) is 0 Å². The highest BCUT2D eigenvalue weighted by Crippen LogP contribution is 1.97. The third-order valence-electron chi connectivity index (χ3n) is 1.65. The fraction of sp³-hybridized carbons (Fsp3) is 0.600. The minimum atomic E-state index is -0.177. The molecule has 1 rings (SSSR count). The molecule has 0 spiro atoms. The first-order valence-corrected chi connectivity index (χ1v) is 4.97. The first kappa shape index (κ1) is 11.7. The maximum absolute atomic E-state index is 11.4. The molecule has 0 aliphatic heterocycles. The zero-order valence-electron chi connectivity index (χ0n) is 9.42. The summed E-state index contributed by atoms with van der Waals surface area (Å²) in [6, 6.07) is 0. The molecular weight excluding hydrogens is 192 g/mol. The summed E-state index contributed by atoms with van der Waals surface area (Å²) >= 11 is 0. The van der Waals surface area contributed by atoms with Gasteiger partial charge in [-0.15, -0.1) is 0 Å². The Kier molecular flexibility index (Phi) is 3.85. The van der Waals surface area contributed by atoms with Crippen molar-refractivity contribution >= 4 is 5.91 Å². The molecule has 1 aromatic heterocycles. The minimum Gasteiger partial charge on any atom is -0.350 e. The van der Waals surface area contributed by atoms with Crippen molar-refractivity contribution in [1.29, 1.82) is 0 Å². The van der Waals surface area contributed by atoms with E-state index < -0.39 is 0 Å². The quantitative estimate of drug-likeness (QED) is 0.674. The number of H-pyrrole nitrogens is 1. The highest BCUT2D eigenvalue weighted by molar-refractivity contribution is 5.78. The Bertz CT molecular complexity index is 300. The van der Waals surface area contributed by atoms with E-state index in [-0.39, 0.29) is 11.4 Å². The molecule has 15 heavy (non-hydrogen) atoms. The highest BCUT2D eigenvalue weighted by Gasteiger charge is 2.12. The van der Waals surface area contributed by atoms with Crippen molar-refractivity contribution in [3.8, 4) is 0 Å². The van der Waals surface area contributed by atoms with Crippen molar-refractivity contribution in [3.63, 3.8) is 0 Å². The Morgan fingerprint density at radius 1 is 1.53 bits per heavy atom. The molecule has 0 aliphatic rings. The molecule has 1 heterocycles. The standard InChI is InChI=1S/C10H18N4O/c1-10(2,3)14-9(15)7-11-6-8-12-4-5-13-8/h4-5,11H,6-7H2,1-3H3,(H,12,13)(H,14,15). The molecule has 1 aromatic rings. The summed E-state index contributed by atoms with van der Waals surface area (Å²) in [5.74, 6) is 0.826. The van der Waals surface area contributed by atoms with Gasteiger partial charge in [-0.05, 0) is 20.8 Å². The number of nitrogens with zero attached hydrogens (tertiary/aromatic N) is 1. The maximum atomic E-state index is 11.4. The largest absolute Gasteiger partial charge is 0.350 e. The number of aromatic amines is 1. The number of nitrogens with one attached hydrogen (secondary N) is 3. The van der Waals surface area contributed by atoms with E-state index in [1.807, 2.05) is 20.8 Å². The van der Waals surface area contributed by atoms with Gasteiger partial charge in [0, 0.05) is 17.9 Å². The number of amides is 1. The number of hydrogen-bond acceptors (Lipinski definition) is 3. The van der Waals surface area contributed by atoms with Crippen LogP contribution >= 0.6 is 0 Å². The van der Waals surface area contributed by atoms with Crippen LogP contribution in [0.5, 0.6) is 0 Å². The topological polar surface area (TPSA) is 69.8 Å². The fourth-order valence-electron chi connectivity index (χ4n) is 1.15. The van der Waals surface area contributed by atoms with E-state index in [1.165, 1.54) is 0 Å². The summed E-state index contributed by atoms with van der Waals surface area (Å²) in [4.78, 5) is 18.4. The van der Waals surface area contributed by atoms with Crippen LogP contribution in [0, 0.1) is 0 Å². The lowest BCUT2D eigenvalue weighted by atomic mass is 10.1. The normalized spacial score (nSPS) is 11.4. The number of carbonyl (C=O) groups is 1. The Balaban J connectivity index is 2.18. The van der Waals surface area contributed by atoms with Crippen LogP contribution in [0.15, 0.2) is 12.4 Å². The lowest BCUT2D eigenvalue weighted by molar-refractivity contribution is -0.121. The molecule has 0 saturated heterocycles. The lowest BCUT2D eigenvalue weighted by Gasteiger charge is -2.20. The summed E-state index contributed by atoms with van der Waals surface area (Å²) in [6.45, 7) is 6.74.